The van der Waals surface area contributed by atoms with E-state index < -0.39 is 30.1 Å². The number of alkyl halides is 3. The highest BCUT2D eigenvalue weighted by atomic mass is 19.4. The molecule has 0 aliphatic carbocycles. The largest absolute Gasteiger partial charge is 0.451 e. The summed E-state index contributed by atoms with van der Waals surface area (Å²) < 4.78 is 39.1. The lowest BCUT2D eigenvalue weighted by molar-refractivity contribution is -0.144. The lowest BCUT2D eigenvalue weighted by atomic mass is 10.1. The first-order chi connectivity index (χ1) is 10.8. The molecule has 1 aromatic carbocycles. The van der Waals surface area contributed by atoms with Crippen molar-refractivity contribution in [2.24, 2.45) is 5.73 Å². The molecule has 0 unspecified atom stereocenters. The number of carbonyl (C=O) groups is 1. The van der Waals surface area contributed by atoms with Crippen LogP contribution in [0.4, 0.5) is 19.0 Å². The van der Waals surface area contributed by atoms with E-state index in [1.54, 1.807) is 18.2 Å². The van der Waals surface area contributed by atoms with Gasteiger partial charge in [0.1, 0.15) is 11.9 Å². The van der Waals surface area contributed by atoms with Gasteiger partial charge >= 0.3 is 6.18 Å². The number of aromatic nitrogens is 2. The molecule has 1 aromatic heterocycles. The normalized spacial score (nSPS) is 21.8. The summed E-state index contributed by atoms with van der Waals surface area (Å²) in [5, 5.41) is 10.1. The van der Waals surface area contributed by atoms with Crippen LogP contribution < -0.4 is 10.6 Å². The first-order valence-corrected chi connectivity index (χ1v) is 6.85. The van der Waals surface area contributed by atoms with Gasteiger partial charge in [-0.1, -0.05) is 12.1 Å². The summed E-state index contributed by atoms with van der Waals surface area (Å²) in [4.78, 5) is 20.0. The number of carbonyl (C=O) groups excluding carboxylic acids is 1. The number of aliphatic hydroxyl groups excluding tert-OH is 1. The van der Waals surface area contributed by atoms with E-state index >= 15 is 0 Å². The number of primary amides is 1. The van der Waals surface area contributed by atoms with Crippen molar-refractivity contribution in [1.29, 1.82) is 0 Å². The van der Waals surface area contributed by atoms with Gasteiger partial charge in [-0.25, -0.2) is 9.97 Å². The lowest BCUT2D eigenvalue weighted by Gasteiger charge is -2.25. The van der Waals surface area contributed by atoms with Gasteiger partial charge < -0.3 is 15.7 Å². The molecule has 3 rings (SSSR count). The van der Waals surface area contributed by atoms with Crippen LogP contribution in [0.25, 0.3) is 10.9 Å². The number of anilines is 1. The molecule has 1 fully saturated rings. The molecule has 1 amide bonds. The predicted octanol–water partition coefficient (Wildman–Crippen LogP) is 1.07. The van der Waals surface area contributed by atoms with Crippen LogP contribution in [0.15, 0.2) is 24.3 Å². The van der Waals surface area contributed by atoms with Crippen LogP contribution >= 0.6 is 0 Å². The SMILES string of the molecule is NC(=O)[C@H]1C[C@H](O)CN1c1nc(C(F)(F)F)nc2ccccc12. The molecule has 1 aliphatic heterocycles. The first-order valence-electron chi connectivity index (χ1n) is 6.85. The molecule has 0 spiro atoms. The van der Waals surface area contributed by atoms with E-state index in [9.17, 15) is 23.1 Å². The summed E-state index contributed by atoms with van der Waals surface area (Å²) in [5.74, 6) is -2.07. The van der Waals surface area contributed by atoms with Crippen molar-refractivity contribution >= 4 is 22.6 Å². The van der Waals surface area contributed by atoms with Crippen molar-refractivity contribution in [3.63, 3.8) is 0 Å². The van der Waals surface area contributed by atoms with E-state index in [4.69, 9.17) is 5.73 Å². The standard InChI is InChI=1S/C14H13F3N4O2/c15-14(16,17)13-19-9-4-2-1-3-8(9)12(20-13)21-6-7(22)5-10(21)11(18)23/h1-4,7,10,22H,5-6H2,(H2,18,23)/t7-,10+/m0/s1. The topological polar surface area (TPSA) is 92.3 Å². The molecule has 0 bridgehead atoms. The van der Waals surface area contributed by atoms with E-state index in [0.29, 0.717) is 5.39 Å². The van der Waals surface area contributed by atoms with E-state index in [1.807, 2.05) is 0 Å². The van der Waals surface area contributed by atoms with E-state index in [0.717, 1.165) is 0 Å². The molecular formula is C14H13F3N4O2. The molecule has 9 heteroatoms. The zero-order chi connectivity index (χ0) is 16.8. The summed E-state index contributed by atoms with van der Waals surface area (Å²) in [6, 6.07) is 5.27. The zero-order valence-electron chi connectivity index (χ0n) is 11.8. The Hall–Kier alpha value is -2.42. The Labute approximate surface area is 128 Å². The number of β-amino-alcohol motifs (C(OH)–C–C–N with tert-alkyl or cyclic N) is 1. The molecule has 0 saturated carbocycles. The Morgan fingerprint density at radius 2 is 2.00 bits per heavy atom. The highest BCUT2D eigenvalue weighted by Crippen LogP contribution is 2.34. The van der Waals surface area contributed by atoms with Gasteiger partial charge in [-0.15, -0.1) is 0 Å². The van der Waals surface area contributed by atoms with Crippen molar-refractivity contribution < 1.29 is 23.1 Å². The number of para-hydroxylation sites is 1. The van der Waals surface area contributed by atoms with Gasteiger partial charge in [-0.05, 0) is 12.1 Å². The van der Waals surface area contributed by atoms with E-state index in [2.05, 4.69) is 9.97 Å². The number of aliphatic hydroxyl groups is 1. The second-order valence-corrected chi connectivity index (χ2v) is 5.35. The second kappa shape index (κ2) is 5.34. The number of fused-ring (bicyclic) bond motifs is 1. The maximum absolute atomic E-state index is 13.0. The molecule has 0 radical (unpaired) electrons. The van der Waals surface area contributed by atoms with Crippen LogP contribution in [0.2, 0.25) is 0 Å². The summed E-state index contributed by atoms with van der Waals surface area (Å²) in [5.41, 5.74) is 5.40. The van der Waals surface area contributed by atoms with Crippen LogP contribution in [-0.2, 0) is 11.0 Å². The molecule has 2 heterocycles. The average Bonchev–Trinajstić information content (AvgIpc) is 2.87. The molecule has 2 atom stereocenters. The Morgan fingerprint density at radius 3 is 2.65 bits per heavy atom. The summed E-state index contributed by atoms with van der Waals surface area (Å²) in [7, 11) is 0. The Balaban J connectivity index is 2.21. The highest BCUT2D eigenvalue weighted by Gasteiger charge is 2.40. The number of hydrogen-bond acceptors (Lipinski definition) is 5. The number of amides is 1. The monoisotopic (exact) mass is 326 g/mol. The third-order valence-electron chi connectivity index (χ3n) is 3.72. The molecule has 23 heavy (non-hydrogen) atoms. The van der Waals surface area contributed by atoms with Crippen molar-refractivity contribution in [2.45, 2.75) is 24.7 Å². The van der Waals surface area contributed by atoms with Crippen LogP contribution in [0.5, 0.6) is 0 Å². The van der Waals surface area contributed by atoms with Gasteiger partial charge in [0.25, 0.3) is 0 Å². The average molecular weight is 326 g/mol. The number of benzene rings is 1. The smallest absolute Gasteiger partial charge is 0.391 e. The van der Waals surface area contributed by atoms with Gasteiger partial charge in [0.05, 0.1) is 11.6 Å². The molecular weight excluding hydrogens is 313 g/mol. The molecule has 1 aliphatic rings. The lowest BCUT2D eigenvalue weighted by Crippen LogP contribution is -2.41. The minimum absolute atomic E-state index is 0.0219. The molecule has 1 saturated heterocycles. The minimum Gasteiger partial charge on any atom is -0.391 e. The van der Waals surface area contributed by atoms with Crippen molar-refractivity contribution in [3.8, 4) is 0 Å². The fourth-order valence-electron chi connectivity index (χ4n) is 2.72. The number of rotatable bonds is 2. The zero-order valence-corrected chi connectivity index (χ0v) is 11.8. The number of halogens is 3. The van der Waals surface area contributed by atoms with Crippen molar-refractivity contribution in [2.75, 3.05) is 11.4 Å². The van der Waals surface area contributed by atoms with Crippen LogP contribution in [0.1, 0.15) is 12.2 Å². The van der Waals surface area contributed by atoms with Crippen molar-refractivity contribution in [1.82, 2.24) is 9.97 Å². The Morgan fingerprint density at radius 1 is 1.30 bits per heavy atom. The molecule has 122 valence electrons. The summed E-state index contributed by atoms with van der Waals surface area (Å²) >= 11 is 0. The van der Waals surface area contributed by atoms with E-state index in [1.165, 1.54) is 11.0 Å². The number of hydrogen-bond donors (Lipinski definition) is 2. The highest BCUT2D eigenvalue weighted by molar-refractivity contribution is 5.93. The molecule has 3 N–H and O–H groups in total. The van der Waals surface area contributed by atoms with Gasteiger partial charge in [-0.3, -0.25) is 4.79 Å². The quantitative estimate of drug-likeness (QED) is 0.861. The summed E-state index contributed by atoms with van der Waals surface area (Å²) in [6.45, 7) is -0.0219. The van der Waals surface area contributed by atoms with Gasteiger partial charge in [0.15, 0.2) is 0 Å². The number of nitrogens with two attached hydrogens (primary N) is 1. The second-order valence-electron chi connectivity index (χ2n) is 5.35. The third kappa shape index (κ3) is 2.79. The Bertz CT molecular complexity index is 765. The van der Waals surface area contributed by atoms with E-state index in [-0.39, 0.29) is 24.3 Å². The van der Waals surface area contributed by atoms with Crippen LogP contribution in [0.3, 0.4) is 0 Å². The van der Waals surface area contributed by atoms with Gasteiger partial charge in [-0.2, -0.15) is 13.2 Å². The van der Waals surface area contributed by atoms with Crippen LogP contribution in [-0.4, -0.2) is 39.7 Å². The molecule has 2 aromatic rings. The van der Waals surface area contributed by atoms with Crippen molar-refractivity contribution in [3.05, 3.63) is 30.1 Å². The third-order valence-corrected chi connectivity index (χ3v) is 3.72. The van der Waals surface area contributed by atoms with Gasteiger partial charge in [0, 0.05) is 18.4 Å². The fraction of sp³-hybridized carbons (Fsp3) is 0.357. The van der Waals surface area contributed by atoms with Gasteiger partial charge in [0.2, 0.25) is 11.7 Å². The molecule has 6 nitrogen and oxygen atoms in total. The summed E-state index contributed by atoms with van der Waals surface area (Å²) in [6.07, 6.45) is -5.54. The maximum atomic E-state index is 13.0. The first kappa shape index (κ1) is 15.5. The fourth-order valence-corrected chi connectivity index (χ4v) is 2.72. The number of nitrogens with zero attached hydrogens (tertiary/aromatic N) is 3. The predicted molar refractivity (Wildman–Crippen MR) is 75.5 cm³/mol. The minimum atomic E-state index is -4.72. The Kier molecular flexibility index (Phi) is 3.59. The maximum Gasteiger partial charge on any atom is 0.451 e. The van der Waals surface area contributed by atoms with Crippen LogP contribution in [0, 0.1) is 0 Å².